The summed E-state index contributed by atoms with van der Waals surface area (Å²) in [6.07, 6.45) is 4.37. The number of carbonyl (C=O) groups is 1. The van der Waals surface area contributed by atoms with E-state index in [9.17, 15) is 13.6 Å². The molecule has 1 aromatic heterocycles. The van der Waals surface area contributed by atoms with Gasteiger partial charge in [0.25, 0.3) is 5.91 Å². The number of halogens is 2. The van der Waals surface area contributed by atoms with Crippen molar-refractivity contribution in [3.8, 4) is 5.69 Å². The van der Waals surface area contributed by atoms with Crippen LogP contribution in [-0.4, -0.2) is 33.4 Å². The zero-order valence-electron chi connectivity index (χ0n) is 14.0. The molecule has 1 aromatic carbocycles. The second kappa shape index (κ2) is 6.76. The highest BCUT2D eigenvalue weighted by molar-refractivity contribution is 5.96. The Morgan fingerprint density at radius 3 is 2.76 bits per heavy atom. The minimum absolute atomic E-state index is 0.0443. The lowest BCUT2D eigenvalue weighted by Crippen LogP contribution is -2.33. The van der Waals surface area contributed by atoms with Crippen LogP contribution in [0.4, 0.5) is 8.78 Å². The van der Waals surface area contributed by atoms with Gasteiger partial charge in [0.1, 0.15) is 11.5 Å². The molecule has 0 unspecified atom stereocenters. The van der Waals surface area contributed by atoms with E-state index in [2.05, 4.69) is 10.4 Å². The number of rotatable bonds is 4. The molecule has 2 aromatic rings. The van der Waals surface area contributed by atoms with Crippen LogP contribution in [0.25, 0.3) is 5.69 Å². The van der Waals surface area contributed by atoms with Gasteiger partial charge in [-0.1, -0.05) is 12.2 Å². The van der Waals surface area contributed by atoms with E-state index in [0.29, 0.717) is 23.4 Å². The summed E-state index contributed by atoms with van der Waals surface area (Å²) in [6.45, 7) is 3.38. The number of aromatic nitrogens is 2. The quantitative estimate of drug-likeness (QED) is 0.835. The Bertz CT molecular complexity index is 845. The normalized spacial score (nSPS) is 19.4. The Morgan fingerprint density at radius 1 is 1.36 bits per heavy atom. The van der Waals surface area contributed by atoms with Gasteiger partial charge in [-0.15, -0.1) is 0 Å². The summed E-state index contributed by atoms with van der Waals surface area (Å²) >= 11 is 0. The molecule has 1 amide bonds. The van der Waals surface area contributed by atoms with Crippen LogP contribution >= 0.6 is 0 Å². The smallest absolute Gasteiger partial charge is 0.255 e. The van der Waals surface area contributed by atoms with Gasteiger partial charge in [-0.25, -0.2) is 13.5 Å². The van der Waals surface area contributed by atoms with E-state index in [1.807, 2.05) is 12.2 Å². The van der Waals surface area contributed by atoms with Gasteiger partial charge in [-0.05, 0) is 32.4 Å². The van der Waals surface area contributed by atoms with Crippen LogP contribution in [-0.2, 0) is 0 Å². The Hall–Kier alpha value is -2.54. The van der Waals surface area contributed by atoms with E-state index in [4.69, 9.17) is 5.11 Å². The first-order valence-corrected chi connectivity index (χ1v) is 8.02. The standard InChI is InChI=1S/C18H19F2N3O2/c1-10-17(18(25)21-14-5-3-12(7-14)9-24)11(2)23(22-10)16-6-4-13(19)8-15(16)20/h3-6,8,12,14,24H,7,9H2,1-2H3,(H,21,25)/t12-,14+/m0/s1. The van der Waals surface area contributed by atoms with Gasteiger partial charge >= 0.3 is 0 Å². The Morgan fingerprint density at radius 2 is 2.12 bits per heavy atom. The molecule has 0 fully saturated rings. The van der Waals surface area contributed by atoms with Crippen molar-refractivity contribution in [1.82, 2.24) is 15.1 Å². The number of benzene rings is 1. The summed E-state index contributed by atoms with van der Waals surface area (Å²) in [5.74, 6) is -1.69. The van der Waals surface area contributed by atoms with Crippen molar-refractivity contribution in [1.29, 1.82) is 0 Å². The number of aliphatic hydroxyl groups is 1. The zero-order chi connectivity index (χ0) is 18.1. The van der Waals surface area contributed by atoms with Gasteiger partial charge in [0, 0.05) is 24.6 Å². The SMILES string of the molecule is Cc1nn(-c2ccc(F)cc2F)c(C)c1C(=O)N[C@@H]1C=C[C@H](CO)C1. The predicted octanol–water partition coefficient (Wildman–Crippen LogP) is 2.43. The van der Waals surface area contributed by atoms with E-state index >= 15 is 0 Å². The van der Waals surface area contributed by atoms with E-state index < -0.39 is 11.6 Å². The number of carbonyl (C=O) groups excluding carboxylic acids is 1. The lowest BCUT2D eigenvalue weighted by Gasteiger charge is -2.13. The first-order chi connectivity index (χ1) is 11.9. The lowest BCUT2D eigenvalue weighted by atomic mass is 10.1. The molecule has 5 nitrogen and oxygen atoms in total. The van der Waals surface area contributed by atoms with Crippen molar-refractivity contribution < 1.29 is 18.7 Å². The molecule has 0 aliphatic heterocycles. The van der Waals surface area contributed by atoms with Crippen LogP contribution in [0.1, 0.15) is 28.2 Å². The van der Waals surface area contributed by atoms with E-state index in [1.165, 1.54) is 10.7 Å². The summed E-state index contributed by atoms with van der Waals surface area (Å²) in [5.41, 5.74) is 1.38. The van der Waals surface area contributed by atoms with Crippen molar-refractivity contribution in [2.45, 2.75) is 26.3 Å². The number of aryl methyl sites for hydroxylation is 1. The zero-order valence-corrected chi connectivity index (χ0v) is 14.0. The third-order valence-corrected chi connectivity index (χ3v) is 4.38. The van der Waals surface area contributed by atoms with Crippen molar-refractivity contribution in [3.63, 3.8) is 0 Å². The van der Waals surface area contributed by atoms with Crippen LogP contribution in [0.3, 0.4) is 0 Å². The number of nitrogens with zero attached hydrogens (tertiary/aromatic N) is 2. The molecule has 0 saturated heterocycles. The summed E-state index contributed by atoms with van der Waals surface area (Å²) in [5, 5.41) is 16.3. The average molecular weight is 347 g/mol. The molecule has 7 heteroatoms. The van der Waals surface area contributed by atoms with E-state index in [1.54, 1.807) is 13.8 Å². The molecule has 1 aliphatic carbocycles. The molecular weight excluding hydrogens is 328 g/mol. The highest BCUT2D eigenvalue weighted by Gasteiger charge is 2.25. The summed E-state index contributed by atoms with van der Waals surface area (Å²) in [4.78, 5) is 12.6. The molecule has 0 bridgehead atoms. The number of amides is 1. The summed E-state index contributed by atoms with van der Waals surface area (Å²) in [7, 11) is 0. The predicted molar refractivity (Wildman–Crippen MR) is 88.5 cm³/mol. The maximum atomic E-state index is 14.0. The molecule has 3 rings (SSSR count). The fraction of sp³-hybridized carbons (Fsp3) is 0.333. The highest BCUT2D eigenvalue weighted by Crippen LogP contribution is 2.22. The number of hydrogen-bond donors (Lipinski definition) is 2. The van der Waals surface area contributed by atoms with Gasteiger partial charge in [0.2, 0.25) is 0 Å². The second-order valence-electron chi connectivity index (χ2n) is 6.20. The number of nitrogens with one attached hydrogen (secondary N) is 1. The van der Waals surface area contributed by atoms with Crippen molar-refractivity contribution >= 4 is 5.91 Å². The van der Waals surface area contributed by atoms with Gasteiger partial charge < -0.3 is 10.4 Å². The first kappa shape index (κ1) is 17.3. The van der Waals surface area contributed by atoms with Crippen molar-refractivity contribution in [2.75, 3.05) is 6.61 Å². The molecule has 132 valence electrons. The lowest BCUT2D eigenvalue weighted by molar-refractivity contribution is 0.0940. The highest BCUT2D eigenvalue weighted by atomic mass is 19.1. The maximum Gasteiger partial charge on any atom is 0.255 e. The fourth-order valence-corrected chi connectivity index (χ4v) is 3.12. The molecule has 0 radical (unpaired) electrons. The largest absolute Gasteiger partial charge is 0.396 e. The third kappa shape index (κ3) is 3.32. The van der Waals surface area contributed by atoms with Crippen LogP contribution in [0.15, 0.2) is 30.4 Å². The van der Waals surface area contributed by atoms with E-state index in [0.717, 1.165) is 12.1 Å². The van der Waals surface area contributed by atoms with Crippen molar-refractivity contribution in [2.24, 2.45) is 5.92 Å². The average Bonchev–Trinajstić information content (AvgIpc) is 3.11. The molecule has 2 N–H and O–H groups in total. The minimum Gasteiger partial charge on any atom is -0.396 e. The minimum atomic E-state index is -0.748. The Kier molecular flexibility index (Phi) is 4.67. The fourth-order valence-electron chi connectivity index (χ4n) is 3.12. The summed E-state index contributed by atoms with van der Waals surface area (Å²) in [6, 6.07) is 3.06. The van der Waals surface area contributed by atoms with Crippen molar-refractivity contribution in [3.05, 3.63) is 58.9 Å². The molecule has 0 saturated carbocycles. The Balaban J connectivity index is 1.87. The molecule has 0 spiro atoms. The van der Waals surface area contributed by atoms with E-state index in [-0.39, 0.29) is 30.2 Å². The molecule has 1 heterocycles. The second-order valence-corrected chi connectivity index (χ2v) is 6.20. The Labute approximate surface area is 144 Å². The van der Waals surface area contributed by atoms with Gasteiger partial charge in [-0.2, -0.15) is 5.10 Å². The maximum absolute atomic E-state index is 14.0. The monoisotopic (exact) mass is 347 g/mol. The van der Waals surface area contributed by atoms with Crippen LogP contribution in [0, 0.1) is 31.4 Å². The summed E-state index contributed by atoms with van der Waals surface area (Å²) < 4.78 is 28.4. The number of aliphatic hydroxyl groups excluding tert-OH is 1. The first-order valence-electron chi connectivity index (χ1n) is 8.02. The molecular formula is C18H19F2N3O2. The van der Waals surface area contributed by atoms with Crippen LogP contribution in [0.5, 0.6) is 0 Å². The molecule has 1 aliphatic rings. The third-order valence-electron chi connectivity index (χ3n) is 4.38. The topological polar surface area (TPSA) is 67.2 Å². The number of hydrogen-bond acceptors (Lipinski definition) is 3. The van der Waals surface area contributed by atoms with Crippen LogP contribution in [0.2, 0.25) is 0 Å². The van der Waals surface area contributed by atoms with Gasteiger partial charge in [0.15, 0.2) is 5.82 Å². The van der Waals surface area contributed by atoms with Gasteiger partial charge in [-0.3, -0.25) is 4.79 Å². The van der Waals surface area contributed by atoms with Crippen LogP contribution < -0.4 is 5.32 Å². The molecule has 25 heavy (non-hydrogen) atoms. The molecule has 2 atom stereocenters. The van der Waals surface area contributed by atoms with Gasteiger partial charge in [0.05, 0.1) is 17.0 Å².